The largest absolute Gasteiger partial charge is 0.481 e. The molecule has 0 bridgehead atoms. The van der Waals surface area contributed by atoms with Crippen molar-refractivity contribution in [2.45, 2.75) is 231 Å². The topological polar surface area (TPSA) is 228 Å². The van der Waals surface area contributed by atoms with E-state index in [-0.39, 0.29) is 48.8 Å². The molecule has 7 heterocycles. The van der Waals surface area contributed by atoms with Gasteiger partial charge < -0.3 is 24.7 Å². The monoisotopic (exact) mass is 1230 g/mol. The molecule has 2 amide bonds. The summed E-state index contributed by atoms with van der Waals surface area (Å²) in [6, 6.07) is 15.5. The van der Waals surface area contributed by atoms with E-state index in [0.29, 0.717) is 36.8 Å². The van der Waals surface area contributed by atoms with Crippen LogP contribution in [0, 0.1) is 13.8 Å². The van der Waals surface area contributed by atoms with E-state index < -0.39 is 24.6 Å². The van der Waals surface area contributed by atoms with Gasteiger partial charge in [-0.3, -0.25) is 29.3 Å². The lowest BCUT2D eigenvalue weighted by Crippen LogP contribution is -2.36. The molecule has 17 nitrogen and oxygen atoms in total. The Morgan fingerprint density at radius 1 is 0.511 bits per heavy atom. The molecule has 90 heavy (non-hydrogen) atoms. The molecule has 6 aromatic heterocycles. The molecule has 1 aliphatic heterocycles. The zero-order valence-corrected chi connectivity index (χ0v) is 53.1. The molecule has 1 fully saturated rings. The van der Waals surface area contributed by atoms with Crippen LogP contribution in [0.25, 0.3) is 0 Å². The van der Waals surface area contributed by atoms with Gasteiger partial charge in [0.1, 0.15) is 17.4 Å². The summed E-state index contributed by atoms with van der Waals surface area (Å²) in [5, 5.41) is 18.4. The van der Waals surface area contributed by atoms with Crippen molar-refractivity contribution >= 4 is 23.8 Å². The number of Topliss-reactive ketones (excluding diaryl/α,β-unsaturated/α-hetero) is 1. The third-order valence-corrected chi connectivity index (χ3v) is 17.8. The highest BCUT2D eigenvalue weighted by molar-refractivity contribution is 5.80. The van der Waals surface area contributed by atoms with Crippen LogP contribution in [0.5, 0.6) is 5.88 Å². The molecule has 2 N–H and O–H groups in total. The maximum Gasteiger partial charge on any atom is 0.388 e. The quantitative estimate of drug-likeness (QED) is 0.0400. The standard InChI is InChI=1S/C25H30F2N4O3.2C23H31N3O2/c1-17(32)15-22(19-9-11-23(28-16-19)34-24(26)27)31-14-13-30(25(31)33)12-4-6-20-10-8-18-5-2-3-7-21(18)29-20;2*1-17-24-15-20(16-25-17)19(14-23(27)28)9-4-2-3-5-10-21-13-12-18-8-6-7-11-22(18)26-21/h8-11,16,22,24H,2-7,12-15H2,1H3;2*12-13,15-16,19H,2-11,14H2,1H3,(H,27,28)/t22-;;/m0../s1. The predicted molar refractivity (Wildman–Crippen MR) is 341 cm³/mol. The second-order valence-corrected chi connectivity index (χ2v) is 24.8. The summed E-state index contributed by atoms with van der Waals surface area (Å²) >= 11 is 0. The van der Waals surface area contributed by atoms with Gasteiger partial charge in [-0.2, -0.15) is 8.78 Å². The molecule has 1 saturated heterocycles. The first-order chi connectivity index (χ1) is 43.6. The number of carbonyl (C=O) groups is 4. The van der Waals surface area contributed by atoms with Crippen molar-refractivity contribution in [2.75, 3.05) is 19.6 Å². The summed E-state index contributed by atoms with van der Waals surface area (Å²) in [5.41, 5.74) is 14.1. The van der Waals surface area contributed by atoms with Gasteiger partial charge in [-0.15, -0.1) is 0 Å². The van der Waals surface area contributed by atoms with E-state index in [2.05, 4.69) is 66.1 Å². The molecule has 3 aliphatic carbocycles. The Morgan fingerprint density at radius 3 is 1.34 bits per heavy atom. The number of carbonyl (C=O) groups excluding carboxylic acids is 2. The molecule has 2 unspecified atom stereocenters. The highest BCUT2D eigenvalue weighted by atomic mass is 19.3. The van der Waals surface area contributed by atoms with Crippen molar-refractivity contribution in [2.24, 2.45) is 0 Å². The van der Waals surface area contributed by atoms with E-state index >= 15 is 0 Å². The smallest absolute Gasteiger partial charge is 0.388 e. The third kappa shape index (κ3) is 22.1. The maximum absolute atomic E-state index is 13.1. The molecule has 4 aliphatic rings. The Balaban J connectivity index is 0.000000176. The highest BCUT2D eigenvalue weighted by Crippen LogP contribution is 2.32. The summed E-state index contributed by atoms with van der Waals surface area (Å²) in [7, 11) is 0. The molecular weight excluding hydrogens is 1140 g/mol. The Kier molecular flexibility index (Phi) is 27.0. The van der Waals surface area contributed by atoms with E-state index in [4.69, 9.17) is 15.0 Å². The fraction of sp³-hybridized carbons (Fsp3) is 0.549. The van der Waals surface area contributed by atoms with Crippen LogP contribution in [0.2, 0.25) is 0 Å². The number of hydrogen-bond donors (Lipinski definition) is 2. The minimum atomic E-state index is -2.96. The van der Waals surface area contributed by atoms with Crippen molar-refractivity contribution in [3.8, 4) is 5.88 Å². The summed E-state index contributed by atoms with van der Waals surface area (Å²) in [5.74, 6) is -0.357. The van der Waals surface area contributed by atoms with Crippen LogP contribution < -0.4 is 4.74 Å². The molecular formula is C71H92F2N10O7. The first kappa shape index (κ1) is 68.2. The number of aromatic nitrogens is 8. The number of carboxylic acids is 2. The van der Waals surface area contributed by atoms with Gasteiger partial charge in [-0.05, 0) is 213 Å². The second kappa shape index (κ2) is 35.6. The lowest BCUT2D eigenvalue weighted by molar-refractivity contribution is -0.138. The lowest BCUT2D eigenvalue weighted by Gasteiger charge is -2.27. The number of nitrogens with zero attached hydrogens (tertiary/aromatic N) is 10. The van der Waals surface area contributed by atoms with Crippen LogP contribution >= 0.6 is 0 Å². The first-order valence-corrected chi connectivity index (χ1v) is 33.0. The molecule has 3 atom stereocenters. The Labute approximate surface area is 529 Å². The van der Waals surface area contributed by atoms with Gasteiger partial charge in [0.05, 0.1) is 18.9 Å². The third-order valence-electron chi connectivity index (χ3n) is 17.8. The number of halogens is 2. The summed E-state index contributed by atoms with van der Waals surface area (Å²) in [6.45, 7) is 3.87. The zero-order valence-electron chi connectivity index (χ0n) is 53.1. The van der Waals surface area contributed by atoms with Crippen LogP contribution in [-0.2, 0) is 72.2 Å². The lowest BCUT2D eigenvalue weighted by atomic mass is 9.92. The number of hydrogen-bond acceptors (Lipinski definition) is 13. The zero-order chi connectivity index (χ0) is 63.6. The molecule has 0 spiro atoms. The molecule has 0 saturated carbocycles. The SMILES string of the molecule is CC(=O)C[C@@H](c1ccc(OC(F)F)nc1)N1CCN(CCCc2ccc3c(n2)CCCC3)C1=O.Cc1ncc(C(CCCCCCc2ccc3c(n2)CCCC3)CC(=O)O)cn1.Cc1ncc(C(CCCCCCc2ccc3c(n2)CCCC3)CC(=O)O)cn1. The number of urea groups is 1. The van der Waals surface area contributed by atoms with E-state index in [9.17, 15) is 38.2 Å². The van der Waals surface area contributed by atoms with Crippen LogP contribution in [0.1, 0.15) is 232 Å². The number of ether oxygens (including phenoxy) is 1. The van der Waals surface area contributed by atoms with Gasteiger partial charge in [-0.1, -0.05) is 62.8 Å². The fourth-order valence-corrected chi connectivity index (χ4v) is 12.8. The number of unbranched alkanes of at least 4 members (excludes halogenated alkanes) is 6. The second-order valence-electron chi connectivity index (χ2n) is 24.8. The van der Waals surface area contributed by atoms with E-state index in [1.165, 1.54) is 116 Å². The Bertz CT molecular complexity index is 3110. The maximum atomic E-state index is 13.1. The summed E-state index contributed by atoms with van der Waals surface area (Å²) in [4.78, 5) is 86.2. The van der Waals surface area contributed by atoms with Crippen molar-refractivity contribution < 1.29 is 42.9 Å². The molecule has 0 radical (unpaired) electrons. The van der Waals surface area contributed by atoms with Gasteiger partial charge in [0.15, 0.2) is 0 Å². The van der Waals surface area contributed by atoms with Gasteiger partial charge in [-0.25, -0.2) is 29.7 Å². The average molecular weight is 1240 g/mol. The minimum absolute atomic E-state index is 0.000382. The number of pyridine rings is 4. The fourth-order valence-electron chi connectivity index (χ4n) is 12.8. The normalized spacial score (nSPS) is 15.3. The van der Waals surface area contributed by atoms with Gasteiger partial charge >= 0.3 is 24.6 Å². The Hall–Kier alpha value is -7.70. The van der Waals surface area contributed by atoms with Gasteiger partial charge in [0, 0.05) is 97.3 Å². The number of fused-ring (bicyclic) bond motifs is 3. The van der Waals surface area contributed by atoms with Crippen molar-refractivity contribution in [3.63, 3.8) is 0 Å². The minimum Gasteiger partial charge on any atom is -0.481 e. The number of amides is 2. The summed E-state index contributed by atoms with van der Waals surface area (Å²) < 4.78 is 29.1. The van der Waals surface area contributed by atoms with Crippen molar-refractivity contribution in [1.29, 1.82) is 0 Å². The molecule has 482 valence electrons. The summed E-state index contributed by atoms with van der Waals surface area (Å²) in [6.07, 6.45) is 37.6. The van der Waals surface area contributed by atoms with Gasteiger partial charge in [0.2, 0.25) is 5.88 Å². The number of ketones is 1. The molecule has 19 heteroatoms. The van der Waals surface area contributed by atoms with Crippen LogP contribution in [0.4, 0.5) is 13.6 Å². The number of carboxylic acid groups (broad SMARTS) is 2. The molecule has 0 aromatic carbocycles. The van der Waals surface area contributed by atoms with E-state index in [1.54, 1.807) is 40.7 Å². The highest BCUT2D eigenvalue weighted by Gasteiger charge is 2.35. The number of aliphatic carboxylic acids is 2. The van der Waals surface area contributed by atoms with Crippen LogP contribution in [0.3, 0.4) is 0 Å². The van der Waals surface area contributed by atoms with Crippen LogP contribution in [0.15, 0.2) is 79.5 Å². The van der Waals surface area contributed by atoms with E-state index in [0.717, 1.165) is 132 Å². The van der Waals surface area contributed by atoms with E-state index in [1.807, 2.05) is 13.8 Å². The molecule has 10 rings (SSSR count). The number of alkyl halides is 2. The number of rotatable bonds is 30. The average Bonchev–Trinajstić information content (AvgIpc) is 2.02. The van der Waals surface area contributed by atoms with Crippen molar-refractivity contribution in [1.82, 2.24) is 49.7 Å². The first-order valence-electron chi connectivity index (χ1n) is 33.0. The van der Waals surface area contributed by atoms with Crippen LogP contribution in [-0.4, -0.2) is 110 Å². The number of aryl methyl sites for hydroxylation is 11. The van der Waals surface area contributed by atoms with Crippen molar-refractivity contribution in [3.05, 3.63) is 159 Å². The predicted octanol–water partition coefficient (Wildman–Crippen LogP) is 14.0. The molecule has 6 aromatic rings. The van der Waals surface area contributed by atoms with Gasteiger partial charge in [0.25, 0.3) is 0 Å². The Morgan fingerprint density at radius 2 is 0.933 bits per heavy atom.